The quantitative estimate of drug-likeness (QED) is 0.652. The van der Waals surface area contributed by atoms with Crippen LogP contribution in [0, 0.1) is 20.8 Å². The van der Waals surface area contributed by atoms with Crippen LogP contribution in [0.25, 0.3) is 11.1 Å². The van der Waals surface area contributed by atoms with Gasteiger partial charge in [-0.2, -0.15) is 0 Å². The summed E-state index contributed by atoms with van der Waals surface area (Å²) in [6.45, 7) is 6.40. The predicted octanol–water partition coefficient (Wildman–Crippen LogP) is 4.93. The first-order valence-electron chi connectivity index (χ1n) is 5.42. The number of benzene rings is 2. The number of halogens is 1. The summed E-state index contributed by atoms with van der Waals surface area (Å²) in [4.78, 5) is 0. The molecule has 0 heterocycles. The molecule has 0 nitrogen and oxygen atoms in total. The average Bonchev–Trinajstić information content (AvgIpc) is 2.19. The lowest BCUT2D eigenvalue weighted by molar-refractivity contribution is 1.32. The fraction of sp³-hybridized carbons (Fsp3) is 0.200. The average molecular weight is 231 g/mol. The Hall–Kier alpha value is -1.27. The van der Waals surface area contributed by atoms with E-state index in [1.807, 2.05) is 18.2 Å². The minimum Gasteiger partial charge on any atom is -0.0837 e. The zero-order valence-electron chi connectivity index (χ0n) is 9.84. The van der Waals surface area contributed by atoms with Crippen molar-refractivity contribution in [2.45, 2.75) is 20.8 Å². The Morgan fingerprint density at radius 3 is 2.00 bits per heavy atom. The van der Waals surface area contributed by atoms with Crippen molar-refractivity contribution < 1.29 is 0 Å². The van der Waals surface area contributed by atoms with Crippen molar-refractivity contribution in [3.63, 3.8) is 0 Å². The van der Waals surface area contributed by atoms with Crippen molar-refractivity contribution in [1.82, 2.24) is 0 Å². The molecule has 2 aromatic carbocycles. The molecular formula is C15H15Cl. The molecule has 0 N–H and O–H groups in total. The zero-order valence-corrected chi connectivity index (χ0v) is 10.6. The van der Waals surface area contributed by atoms with Crippen LogP contribution >= 0.6 is 11.6 Å². The van der Waals surface area contributed by atoms with Crippen LogP contribution in [0.4, 0.5) is 0 Å². The second kappa shape index (κ2) is 4.31. The number of aryl methyl sites for hydroxylation is 3. The van der Waals surface area contributed by atoms with Crippen LogP contribution in [-0.2, 0) is 0 Å². The first-order valence-corrected chi connectivity index (χ1v) is 5.80. The molecule has 0 spiro atoms. The summed E-state index contributed by atoms with van der Waals surface area (Å²) < 4.78 is 0. The molecule has 0 unspecified atom stereocenters. The topological polar surface area (TPSA) is 0 Å². The van der Waals surface area contributed by atoms with E-state index in [0.29, 0.717) is 0 Å². The maximum atomic E-state index is 6.24. The van der Waals surface area contributed by atoms with Gasteiger partial charge in [-0.05, 0) is 43.5 Å². The molecule has 2 aromatic rings. The summed E-state index contributed by atoms with van der Waals surface area (Å²) in [7, 11) is 0. The second-order valence-corrected chi connectivity index (χ2v) is 4.66. The summed E-state index contributed by atoms with van der Waals surface area (Å²) in [5, 5.41) is 0.817. The van der Waals surface area contributed by atoms with Gasteiger partial charge in [-0.25, -0.2) is 0 Å². The van der Waals surface area contributed by atoms with Crippen LogP contribution in [0.2, 0.25) is 5.02 Å². The molecule has 0 saturated carbocycles. The highest BCUT2D eigenvalue weighted by Crippen LogP contribution is 2.33. The fourth-order valence-corrected chi connectivity index (χ4v) is 2.50. The van der Waals surface area contributed by atoms with Crippen molar-refractivity contribution in [3.8, 4) is 11.1 Å². The number of hydrogen-bond donors (Lipinski definition) is 0. The van der Waals surface area contributed by atoms with Gasteiger partial charge in [0.1, 0.15) is 0 Å². The third-order valence-corrected chi connectivity index (χ3v) is 3.15. The van der Waals surface area contributed by atoms with Crippen molar-refractivity contribution >= 4 is 11.6 Å². The summed E-state index contributed by atoms with van der Waals surface area (Å²) in [6, 6.07) is 12.4. The van der Waals surface area contributed by atoms with Gasteiger partial charge >= 0.3 is 0 Å². The Morgan fingerprint density at radius 1 is 0.875 bits per heavy atom. The van der Waals surface area contributed by atoms with Crippen molar-refractivity contribution in [2.75, 3.05) is 0 Å². The molecule has 0 saturated heterocycles. The van der Waals surface area contributed by atoms with Crippen molar-refractivity contribution in [3.05, 3.63) is 58.1 Å². The Morgan fingerprint density at radius 2 is 1.44 bits per heavy atom. The molecule has 0 aliphatic carbocycles. The van der Waals surface area contributed by atoms with Crippen LogP contribution in [0.1, 0.15) is 16.7 Å². The van der Waals surface area contributed by atoms with E-state index >= 15 is 0 Å². The Balaban J connectivity index is 2.70. The lowest BCUT2D eigenvalue weighted by Crippen LogP contribution is -1.90. The maximum Gasteiger partial charge on any atom is 0.0484 e. The van der Waals surface area contributed by atoms with Gasteiger partial charge in [0.25, 0.3) is 0 Å². The van der Waals surface area contributed by atoms with Gasteiger partial charge in [0.2, 0.25) is 0 Å². The highest BCUT2D eigenvalue weighted by atomic mass is 35.5. The van der Waals surface area contributed by atoms with E-state index in [-0.39, 0.29) is 0 Å². The van der Waals surface area contributed by atoms with E-state index in [0.717, 1.165) is 10.6 Å². The summed E-state index contributed by atoms with van der Waals surface area (Å²) in [5.41, 5.74) is 6.25. The van der Waals surface area contributed by atoms with Gasteiger partial charge in [-0.1, -0.05) is 47.5 Å². The first-order chi connectivity index (χ1) is 7.59. The van der Waals surface area contributed by atoms with E-state index in [1.165, 1.54) is 22.3 Å². The van der Waals surface area contributed by atoms with Gasteiger partial charge < -0.3 is 0 Å². The zero-order chi connectivity index (χ0) is 11.7. The lowest BCUT2D eigenvalue weighted by Gasteiger charge is -2.12. The normalized spacial score (nSPS) is 10.5. The molecule has 0 radical (unpaired) electrons. The van der Waals surface area contributed by atoms with E-state index in [1.54, 1.807) is 0 Å². The molecule has 82 valence electrons. The molecule has 0 bridgehead atoms. The Labute approximate surface area is 102 Å². The minimum atomic E-state index is 0.817. The fourth-order valence-electron chi connectivity index (χ4n) is 2.27. The Bertz CT molecular complexity index is 504. The van der Waals surface area contributed by atoms with E-state index < -0.39 is 0 Å². The number of hydrogen-bond acceptors (Lipinski definition) is 0. The van der Waals surface area contributed by atoms with Gasteiger partial charge in [-0.15, -0.1) is 0 Å². The van der Waals surface area contributed by atoms with Crippen LogP contribution in [-0.4, -0.2) is 0 Å². The summed E-state index contributed by atoms with van der Waals surface area (Å²) in [6.07, 6.45) is 0. The van der Waals surface area contributed by atoms with Gasteiger partial charge in [0, 0.05) is 10.6 Å². The standard InChI is InChI=1S/C15H15Cl/c1-10-8-11(2)15(12(3)9-10)13-6-4-5-7-14(13)16/h4-9H,1-3H3. The lowest BCUT2D eigenvalue weighted by atomic mass is 9.94. The third-order valence-electron chi connectivity index (χ3n) is 2.82. The summed E-state index contributed by atoms with van der Waals surface area (Å²) in [5.74, 6) is 0. The minimum absolute atomic E-state index is 0.817. The molecular weight excluding hydrogens is 216 g/mol. The van der Waals surface area contributed by atoms with Crippen molar-refractivity contribution in [1.29, 1.82) is 0 Å². The molecule has 0 aliphatic heterocycles. The molecule has 0 aromatic heterocycles. The largest absolute Gasteiger partial charge is 0.0837 e. The molecule has 1 heteroatoms. The smallest absolute Gasteiger partial charge is 0.0484 e. The van der Waals surface area contributed by atoms with Crippen LogP contribution in [0.15, 0.2) is 36.4 Å². The monoisotopic (exact) mass is 230 g/mol. The van der Waals surface area contributed by atoms with Gasteiger partial charge in [0.05, 0.1) is 0 Å². The molecule has 2 rings (SSSR count). The van der Waals surface area contributed by atoms with Crippen LogP contribution in [0.3, 0.4) is 0 Å². The van der Waals surface area contributed by atoms with E-state index in [4.69, 9.17) is 11.6 Å². The van der Waals surface area contributed by atoms with Crippen molar-refractivity contribution in [2.24, 2.45) is 0 Å². The molecule has 0 amide bonds. The van der Waals surface area contributed by atoms with E-state index in [2.05, 4.69) is 39.0 Å². The first kappa shape index (κ1) is 11.2. The highest BCUT2D eigenvalue weighted by molar-refractivity contribution is 6.33. The van der Waals surface area contributed by atoms with E-state index in [9.17, 15) is 0 Å². The third kappa shape index (κ3) is 1.98. The van der Waals surface area contributed by atoms with Crippen LogP contribution in [0.5, 0.6) is 0 Å². The van der Waals surface area contributed by atoms with Gasteiger partial charge in [-0.3, -0.25) is 0 Å². The number of rotatable bonds is 1. The Kier molecular flexibility index (Phi) is 3.02. The highest BCUT2D eigenvalue weighted by Gasteiger charge is 2.09. The molecule has 0 atom stereocenters. The molecule has 0 aliphatic rings. The SMILES string of the molecule is Cc1cc(C)c(-c2ccccc2Cl)c(C)c1. The maximum absolute atomic E-state index is 6.24. The molecule has 16 heavy (non-hydrogen) atoms. The van der Waals surface area contributed by atoms with Crippen LogP contribution < -0.4 is 0 Å². The van der Waals surface area contributed by atoms with Gasteiger partial charge in [0.15, 0.2) is 0 Å². The second-order valence-electron chi connectivity index (χ2n) is 4.25. The summed E-state index contributed by atoms with van der Waals surface area (Å²) >= 11 is 6.24. The predicted molar refractivity (Wildman–Crippen MR) is 71.1 cm³/mol. The molecule has 0 fully saturated rings.